The lowest BCUT2D eigenvalue weighted by Crippen LogP contribution is -2.14. The van der Waals surface area contributed by atoms with Crippen LogP contribution >= 0.6 is 15.9 Å². The fourth-order valence-electron chi connectivity index (χ4n) is 2.36. The normalized spacial score (nSPS) is 19.7. The summed E-state index contributed by atoms with van der Waals surface area (Å²) in [5.74, 6) is -0.523. The van der Waals surface area contributed by atoms with Gasteiger partial charge in [-0.2, -0.15) is 0 Å². The first-order valence-electron chi connectivity index (χ1n) is 5.17. The highest BCUT2D eigenvalue weighted by Crippen LogP contribution is 2.38. The molecule has 1 atom stereocenters. The Balaban J connectivity index is 2.36. The quantitative estimate of drug-likeness (QED) is 0.894. The van der Waals surface area contributed by atoms with Crippen molar-refractivity contribution >= 4 is 21.9 Å². The van der Waals surface area contributed by atoms with Gasteiger partial charge in [0.15, 0.2) is 0 Å². The number of aryl methyl sites for hydroxylation is 1. The van der Waals surface area contributed by atoms with Crippen LogP contribution in [0, 0.1) is 0 Å². The SMILES string of the molecule is O=C(O)CC1CCCc2cccc(Br)c21. The van der Waals surface area contributed by atoms with Crippen molar-refractivity contribution in [1.29, 1.82) is 0 Å². The highest BCUT2D eigenvalue weighted by atomic mass is 79.9. The van der Waals surface area contributed by atoms with Gasteiger partial charge in [-0.3, -0.25) is 4.79 Å². The fraction of sp³-hybridized carbons (Fsp3) is 0.417. The number of carbonyl (C=O) groups is 1. The van der Waals surface area contributed by atoms with Crippen LogP contribution in [0.2, 0.25) is 0 Å². The van der Waals surface area contributed by atoms with Crippen LogP contribution in [0.15, 0.2) is 22.7 Å². The molecular weight excluding hydrogens is 256 g/mol. The third kappa shape index (κ3) is 2.23. The lowest BCUT2D eigenvalue weighted by atomic mass is 9.81. The monoisotopic (exact) mass is 268 g/mol. The van der Waals surface area contributed by atoms with E-state index in [0.29, 0.717) is 0 Å². The Morgan fingerprint density at radius 1 is 1.53 bits per heavy atom. The summed E-state index contributed by atoms with van der Waals surface area (Å²) in [5.41, 5.74) is 2.52. The third-order valence-electron chi connectivity index (χ3n) is 2.97. The van der Waals surface area contributed by atoms with Crippen LogP contribution in [0.4, 0.5) is 0 Å². The average Bonchev–Trinajstić information content (AvgIpc) is 2.17. The zero-order valence-corrected chi connectivity index (χ0v) is 9.96. The first-order valence-corrected chi connectivity index (χ1v) is 5.97. The van der Waals surface area contributed by atoms with Gasteiger partial charge in [-0.05, 0) is 42.4 Å². The molecule has 80 valence electrons. The average molecular weight is 269 g/mol. The molecule has 2 nitrogen and oxygen atoms in total. The molecule has 0 saturated carbocycles. The Morgan fingerprint density at radius 3 is 3.07 bits per heavy atom. The summed E-state index contributed by atoms with van der Waals surface area (Å²) in [6.07, 6.45) is 3.41. The van der Waals surface area contributed by atoms with E-state index in [1.165, 1.54) is 11.1 Å². The summed E-state index contributed by atoms with van der Waals surface area (Å²) in [7, 11) is 0. The van der Waals surface area contributed by atoms with E-state index in [1.807, 2.05) is 12.1 Å². The van der Waals surface area contributed by atoms with Crippen molar-refractivity contribution < 1.29 is 9.90 Å². The van der Waals surface area contributed by atoms with Gasteiger partial charge in [-0.25, -0.2) is 0 Å². The zero-order chi connectivity index (χ0) is 10.8. The third-order valence-corrected chi connectivity index (χ3v) is 3.66. The van der Waals surface area contributed by atoms with Gasteiger partial charge in [-0.15, -0.1) is 0 Å². The van der Waals surface area contributed by atoms with E-state index in [4.69, 9.17) is 5.11 Å². The number of carboxylic acids is 1. The van der Waals surface area contributed by atoms with Crippen molar-refractivity contribution in [3.8, 4) is 0 Å². The van der Waals surface area contributed by atoms with E-state index < -0.39 is 5.97 Å². The Morgan fingerprint density at radius 2 is 2.33 bits per heavy atom. The highest BCUT2D eigenvalue weighted by Gasteiger charge is 2.24. The van der Waals surface area contributed by atoms with Crippen LogP contribution in [0.5, 0.6) is 0 Å². The molecule has 0 aliphatic heterocycles. The Bertz CT molecular complexity index is 387. The molecule has 0 aromatic heterocycles. The second-order valence-corrected chi connectivity index (χ2v) is 4.85. The first-order chi connectivity index (χ1) is 7.18. The maximum atomic E-state index is 10.8. The smallest absolute Gasteiger partial charge is 0.303 e. The molecular formula is C12H13BrO2. The van der Waals surface area contributed by atoms with Crippen molar-refractivity contribution in [2.24, 2.45) is 0 Å². The molecule has 0 bridgehead atoms. The Hall–Kier alpha value is -0.830. The molecule has 1 N–H and O–H groups in total. The second kappa shape index (κ2) is 4.35. The van der Waals surface area contributed by atoms with Gasteiger partial charge in [0.25, 0.3) is 0 Å². The molecule has 1 aromatic carbocycles. The van der Waals surface area contributed by atoms with Gasteiger partial charge >= 0.3 is 5.97 Å². The number of benzene rings is 1. The first kappa shape index (κ1) is 10.7. The van der Waals surface area contributed by atoms with Crippen molar-refractivity contribution in [2.45, 2.75) is 31.6 Å². The second-order valence-electron chi connectivity index (χ2n) is 4.00. The topological polar surface area (TPSA) is 37.3 Å². The lowest BCUT2D eigenvalue weighted by molar-refractivity contribution is -0.137. The van der Waals surface area contributed by atoms with Gasteiger partial charge in [0, 0.05) is 4.47 Å². The Labute approximate surface area is 97.4 Å². The summed E-state index contributed by atoms with van der Waals surface area (Å²) in [6, 6.07) is 6.12. The molecule has 15 heavy (non-hydrogen) atoms. The number of carboxylic acid groups (broad SMARTS) is 1. The van der Waals surface area contributed by atoms with Crippen LogP contribution in [0.3, 0.4) is 0 Å². The number of fused-ring (bicyclic) bond motifs is 1. The fourth-order valence-corrected chi connectivity index (χ4v) is 3.09. The van der Waals surface area contributed by atoms with Gasteiger partial charge < -0.3 is 5.11 Å². The van der Waals surface area contributed by atoms with Crippen molar-refractivity contribution in [3.63, 3.8) is 0 Å². The van der Waals surface area contributed by atoms with Crippen molar-refractivity contribution in [2.75, 3.05) is 0 Å². The number of halogens is 1. The molecule has 0 amide bonds. The van der Waals surface area contributed by atoms with Gasteiger partial charge in [0.05, 0.1) is 6.42 Å². The molecule has 3 heteroatoms. The Kier molecular flexibility index (Phi) is 3.10. The molecule has 2 rings (SSSR count). The largest absolute Gasteiger partial charge is 0.481 e. The standard InChI is InChI=1S/C12H13BrO2/c13-10-6-2-4-8-3-1-5-9(12(8)10)7-11(14)15/h2,4,6,9H,1,3,5,7H2,(H,14,15). The van der Waals surface area contributed by atoms with E-state index in [-0.39, 0.29) is 12.3 Å². The molecule has 0 fully saturated rings. The van der Waals surface area contributed by atoms with E-state index >= 15 is 0 Å². The summed E-state index contributed by atoms with van der Waals surface area (Å²) >= 11 is 3.52. The predicted octanol–water partition coefficient (Wildman–Crippen LogP) is 3.34. The molecule has 1 unspecified atom stereocenters. The minimum Gasteiger partial charge on any atom is -0.481 e. The molecule has 0 spiro atoms. The molecule has 1 aliphatic carbocycles. The molecule has 0 saturated heterocycles. The highest BCUT2D eigenvalue weighted by molar-refractivity contribution is 9.10. The summed E-state index contributed by atoms with van der Waals surface area (Å²) < 4.78 is 1.06. The van der Waals surface area contributed by atoms with Crippen LogP contribution in [0.25, 0.3) is 0 Å². The van der Waals surface area contributed by atoms with Crippen LogP contribution in [0.1, 0.15) is 36.3 Å². The number of rotatable bonds is 2. The minimum absolute atomic E-state index is 0.182. The van der Waals surface area contributed by atoms with E-state index in [0.717, 1.165) is 23.7 Å². The van der Waals surface area contributed by atoms with E-state index in [2.05, 4.69) is 22.0 Å². The number of aliphatic carboxylic acids is 1. The van der Waals surface area contributed by atoms with Crippen LogP contribution in [-0.2, 0) is 11.2 Å². The lowest BCUT2D eigenvalue weighted by Gasteiger charge is -2.25. The maximum absolute atomic E-state index is 10.8. The van der Waals surface area contributed by atoms with E-state index in [9.17, 15) is 4.79 Å². The summed E-state index contributed by atoms with van der Waals surface area (Å²) in [5, 5.41) is 8.87. The van der Waals surface area contributed by atoms with Gasteiger partial charge in [0.1, 0.15) is 0 Å². The molecule has 0 radical (unpaired) electrons. The van der Waals surface area contributed by atoms with E-state index in [1.54, 1.807) is 0 Å². The van der Waals surface area contributed by atoms with Crippen molar-refractivity contribution in [1.82, 2.24) is 0 Å². The molecule has 1 aliphatic rings. The molecule has 1 aromatic rings. The molecule has 0 heterocycles. The van der Waals surface area contributed by atoms with Crippen LogP contribution < -0.4 is 0 Å². The predicted molar refractivity (Wildman–Crippen MR) is 62.1 cm³/mol. The van der Waals surface area contributed by atoms with Gasteiger partial charge in [-0.1, -0.05) is 28.1 Å². The van der Waals surface area contributed by atoms with Gasteiger partial charge in [0.2, 0.25) is 0 Å². The van der Waals surface area contributed by atoms with Crippen molar-refractivity contribution in [3.05, 3.63) is 33.8 Å². The summed E-state index contributed by atoms with van der Waals surface area (Å²) in [4.78, 5) is 10.8. The number of hydrogen-bond donors (Lipinski definition) is 1. The minimum atomic E-state index is -0.705. The zero-order valence-electron chi connectivity index (χ0n) is 8.37. The maximum Gasteiger partial charge on any atom is 0.303 e. The van der Waals surface area contributed by atoms with Crippen LogP contribution in [-0.4, -0.2) is 11.1 Å². The summed E-state index contributed by atoms with van der Waals surface area (Å²) in [6.45, 7) is 0. The number of hydrogen-bond acceptors (Lipinski definition) is 1.